The van der Waals surface area contributed by atoms with Gasteiger partial charge in [-0.15, -0.1) is 0 Å². The van der Waals surface area contributed by atoms with Crippen LogP contribution in [0.5, 0.6) is 5.75 Å². The van der Waals surface area contributed by atoms with E-state index in [1.54, 1.807) is 18.2 Å². The third-order valence-corrected chi connectivity index (χ3v) is 9.06. The Hall–Kier alpha value is -3.58. The number of anilines is 1. The lowest BCUT2D eigenvalue weighted by Gasteiger charge is -2.34. The minimum Gasteiger partial charge on any atom is -0.489 e. The van der Waals surface area contributed by atoms with Crippen LogP contribution < -0.4 is 20.6 Å². The van der Waals surface area contributed by atoms with Gasteiger partial charge >= 0.3 is 5.69 Å². The number of piperidine rings is 1. The third-order valence-electron chi connectivity index (χ3n) is 8.02. The number of nitrogens with zero attached hydrogens (tertiary/aromatic N) is 4. The number of imidazole rings is 1. The molecule has 11 nitrogen and oxygen atoms in total. The molecule has 6 rings (SSSR count). The second-order valence-electron chi connectivity index (χ2n) is 11.1. The van der Waals surface area contributed by atoms with E-state index < -0.39 is 6.10 Å². The molecule has 0 spiro atoms. The van der Waals surface area contributed by atoms with Gasteiger partial charge in [0.25, 0.3) is 5.91 Å². The number of thioether (sulfide) groups is 1. The number of hydrogen-bond acceptors (Lipinski definition) is 9. The van der Waals surface area contributed by atoms with Crippen molar-refractivity contribution in [2.24, 2.45) is 4.99 Å². The lowest BCUT2D eigenvalue weighted by Crippen LogP contribution is -2.46. The molecule has 3 aliphatic heterocycles. The topological polar surface area (TPSA) is 129 Å². The Morgan fingerprint density at radius 2 is 1.81 bits per heavy atom. The highest BCUT2D eigenvalue weighted by Gasteiger charge is 2.28. The number of nitrogens with one attached hydrogen (secondary N) is 3. The molecule has 1 amide bonds. The largest absolute Gasteiger partial charge is 0.489 e. The molecule has 0 radical (unpaired) electrons. The second-order valence-corrected chi connectivity index (χ2v) is 12.1. The van der Waals surface area contributed by atoms with E-state index in [0.29, 0.717) is 34.3 Å². The minimum absolute atomic E-state index is 0.133. The van der Waals surface area contributed by atoms with Crippen LogP contribution >= 0.6 is 11.8 Å². The zero-order valence-corrected chi connectivity index (χ0v) is 24.5. The Labute approximate surface area is 248 Å². The predicted molar refractivity (Wildman–Crippen MR) is 167 cm³/mol. The third kappa shape index (κ3) is 6.73. The summed E-state index contributed by atoms with van der Waals surface area (Å²) in [6.07, 6.45) is 3.22. The number of aliphatic hydroxyl groups is 1. The number of amidine groups is 1. The fourth-order valence-corrected chi connectivity index (χ4v) is 6.47. The normalized spacial score (nSPS) is 20.5. The molecular formula is C30H37N7O4S. The number of aliphatic hydroxyl groups excluding tert-OH is 1. The van der Waals surface area contributed by atoms with Gasteiger partial charge in [0.2, 0.25) is 0 Å². The van der Waals surface area contributed by atoms with Gasteiger partial charge in [-0.05, 0) is 67.6 Å². The van der Waals surface area contributed by atoms with Crippen LogP contribution in [0.1, 0.15) is 18.4 Å². The number of likely N-dealkylation sites (N-methyl/N-ethyl adjacent to an activating group) is 1. The number of amides is 1. The van der Waals surface area contributed by atoms with E-state index >= 15 is 0 Å². The predicted octanol–water partition coefficient (Wildman–Crippen LogP) is 2.07. The van der Waals surface area contributed by atoms with E-state index in [2.05, 4.69) is 66.3 Å². The molecule has 2 fully saturated rings. The maximum Gasteiger partial charge on any atom is 0.323 e. The number of hydrogen-bond donors (Lipinski definition) is 4. The summed E-state index contributed by atoms with van der Waals surface area (Å²) < 4.78 is 5.78. The van der Waals surface area contributed by atoms with Gasteiger partial charge in [-0.3, -0.25) is 4.79 Å². The van der Waals surface area contributed by atoms with Crippen LogP contribution in [0.4, 0.5) is 5.69 Å². The first kappa shape index (κ1) is 28.5. The van der Waals surface area contributed by atoms with Gasteiger partial charge in [-0.2, -0.15) is 4.99 Å². The van der Waals surface area contributed by atoms with E-state index in [4.69, 9.17) is 4.74 Å². The van der Waals surface area contributed by atoms with Crippen LogP contribution in [-0.4, -0.2) is 108 Å². The summed E-state index contributed by atoms with van der Waals surface area (Å²) in [6.45, 7) is 6.17. The van der Waals surface area contributed by atoms with Crippen LogP contribution in [0.25, 0.3) is 17.1 Å². The summed E-state index contributed by atoms with van der Waals surface area (Å²) in [7, 11) is 2.11. The van der Waals surface area contributed by atoms with E-state index in [1.165, 1.54) is 17.4 Å². The van der Waals surface area contributed by atoms with Gasteiger partial charge in [0, 0.05) is 57.5 Å². The lowest BCUT2D eigenvalue weighted by molar-refractivity contribution is -0.113. The van der Waals surface area contributed by atoms with Crippen molar-refractivity contribution < 1.29 is 14.6 Å². The highest BCUT2D eigenvalue weighted by Crippen LogP contribution is 2.31. The van der Waals surface area contributed by atoms with Crippen molar-refractivity contribution in [2.45, 2.75) is 25.0 Å². The molecule has 42 heavy (non-hydrogen) atoms. The van der Waals surface area contributed by atoms with Crippen molar-refractivity contribution in [2.75, 3.05) is 64.4 Å². The van der Waals surface area contributed by atoms with Crippen molar-refractivity contribution in [3.63, 3.8) is 0 Å². The molecule has 1 unspecified atom stereocenters. The lowest BCUT2D eigenvalue weighted by atomic mass is 10.0. The molecule has 222 valence electrons. The van der Waals surface area contributed by atoms with Crippen molar-refractivity contribution >= 4 is 45.6 Å². The molecule has 0 saturated carbocycles. The van der Waals surface area contributed by atoms with Crippen LogP contribution in [0.15, 0.2) is 57.2 Å². The van der Waals surface area contributed by atoms with Gasteiger partial charge in [0.05, 0.1) is 10.4 Å². The second kappa shape index (κ2) is 12.7. The van der Waals surface area contributed by atoms with Gasteiger partial charge in [-0.1, -0.05) is 18.2 Å². The quantitative estimate of drug-likeness (QED) is 0.291. The summed E-state index contributed by atoms with van der Waals surface area (Å²) in [5.41, 5.74) is 3.16. The SMILES string of the molecule is CN1CCN(C2=NC(=O)/C(=C\c3ccc(N4CCC(NCC(O)COc5cccc6[nH]c(=O)[nH]c56)CC4)cc3)S2)CC1. The molecule has 0 bridgehead atoms. The number of aromatic nitrogens is 2. The Bertz CT molecular complexity index is 1520. The van der Waals surface area contributed by atoms with Crippen molar-refractivity contribution in [3.05, 3.63) is 63.4 Å². The minimum atomic E-state index is -0.668. The smallest absolute Gasteiger partial charge is 0.323 e. The number of H-pyrrole nitrogens is 2. The molecule has 12 heteroatoms. The van der Waals surface area contributed by atoms with Crippen molar-refractivity contribution in [1.29, 1.82) is 0 Å². The Balaban J connectivity index is 0.938. The summed E-state index contributed by atoms with van der Waals surface area (Å²) in [4.78, 5) is 41.4. The van der Waals surface area contributed by atoms with Crippen LogP contribution in [0, 0.1) is 0 Å². The standard InChI is InChI=1S/C30H37N7O4S/c1-35-13-15-37(16-14-35)30-34-28(39)26(42-30)17-20-5-7-22(8-6-20)36-11-9-21(10-12-36)31-18-23(38)19-41-25-4-2-3-24-27(25)33-29(40)32-24/h2-8,17,21,23,31,38H,9-16,18-19H2,1H3,(H2,32,33,40)/b26-17+. The molecule has 1 atom stereocenters. The molecule has 2 aromatic carbocycles. The van der Waals surface area contributed by atoms with Gasteiger partial charge in [0.15, 0.2) is 5.17 Å². The van der Waals surface area contributed by atoms with E-state index in [0.717, 1.165) is 62.8 Å². The van der Waals surface area contributed by atoms with E-state index in [-0.39, 0.29) is 18.2 Å². The maximum atomic E-state index is 12.5. The first-order valence-corrected chi connectivity index (χ1v) is 15.3. The summed E-state index contributed by atoms with van der Waals surface area (Å²) in [5.74, 6) is 0.386. The Morgan fingerprint density at radius 1 is 1.05 bits per heavy atom. The number of para-hydroxylation sites is 1. The van der Waals surface area contributed by atoms with Crippen LogP contribution in [0.3, 0.4) is 0 Å². The summed E-state index contributed by atoms with van der Waals surface area (Å²) >= 11 is 1.48. The molecule has 4 N–H and O–H groups in total. The number of aliphatic imine (C=N–C) groups is 1. The highest BCUT2D eigenvalue weighted by molar-refractivity contribution is 8.18. The first-order chi connectivity index (χ1) is 20.4. The Morgan fingerprint density at radius 3 is 2.57 bits per heavy atom. The average Bonchev–Trinajstić information content (AvgIpc) is 3.57. The number of ether oxygens (including phenoxy) is 1. The van der Waals surface area contributed by atoms with Crippen LogP contribution in [0.2, 0.25) is 0 Å². The number of rotatable bonds is 8. The zero-order chi connectivity index (χ0) is 29.1. The van der Waals surface area contributed by atoms with Crippen LogP contribution in [-0.2, 0) is 4.79 Å². The number of benzene rings is 2. The molecule has 2 saturated heterocycles. The van der Waals surface area contributed by atoms with E-state index in [9.17, 15) is 14.7 Å². The summed E-state index contributed by atoms with van der Waals surface area (Å²) in [6, 6.07) is 14.1. The molecule has 3 aliphatic rings. The molecular weight excluding hydrogens is 554 g/mol. The van der Waals surface area contributed by atoms with Crippen molar-refractivity contribution in [1.82, 2.24) is 25.1 Å². The number of aromatic amines is 2. The molecule has 0 aliphatic carbocycles. The fourth-order valence-electron chi connectivity index (χ4n) is 5.50. The molecule has 3 aromatic rings. The average molecular weight is 592 g/mol. The van der Waals surface area contributed by atoms with Gasteiger partial charge in [-0.25, -0.2) is 4.79 Å². The monoisotopic (exact) mass is 591 g/mol. The number of carbonyl (C=O) groups excluding carboxylic acids is 1. The zero-order valence-electron chi connectivity index (χ0n) is 23.7. The van der Waals surface area contributed by atoms with Gasteiger partial charge < -0.3 is 39.8 Å². The number of piperazine rings is 1. The van der Waals surface area contributed by atoms with Crippen molar-refractivity contribution in [3.8, 4) is 5.75 Å². The van der Waals surface area contributed by atoms with Gasteiger partial charge in [0.1, 0.15) is 24.0 Å². The summed E-state index contributed by atoms with van der Waals surface area (Å²) in [5, 5.41) is 14.8. The maximum absolute atomic E-state index is 12.5. The van der Waals surface area contributed by atoms with E-state index in [1.807, 2.05) is 6.08 Å². The first-order valence-electron chi connectivity index (χ1n) is 14.5. The molecule has 1 aromatic heterocycles. The fraction of sp³-hybridized carbons (Fsp3) is 0.433. The number of fused-ring (bicyclic) bond motifs is 1. The highest BCUT2D eigenvalue weighted by atomic mass is 32.2. The number of carbonyl (C=O) groups is 1. The molecule has 4 heterocycles. The Kier molecular flexibility index (Phi) is 8.66.